The van der Waals surface area contributed by atoms with Crippen LogP contribution in [-0.2, 0) is 13.8 Å². The highest BCUT2D eigenvalue weighted by Gasteiger charge is 2.18. The molecule has 0 saturated carbocycles. The molecule has 0 amide bonds. The molecule has 0 aromatic heterocycles. The molecule has 0 aromatic carbocycles. The average molecular weight is 718 g/mol. The van der Waals surface area contributed by atoms with Crippen LogP contribution in [0.15, 0.2) is 0 Å². The Labute approximate surface area is 309 Å². The molecule has 0 spiro atoms. The summed E-state index contributed by atoms with van der Waals surface area (Å²) in [7, 11) is 4.49. The van der Waals surface area contributed by atoms with Crippen LogP contribution in [-0.4, -0.2) is 69.5 Å². The van der Waals surface area contributed by atoms with Gasteiger partial charge in [-0.3, -0.25) is 0 Å². The maximum Gasteiger partial charge on any atom is 0.330 e. The van der Waals surface area contributed by atoms with Gasteiger partial charge in [0.15, 0.2) is 0 Å². The molecule has 3 N–H and O–H groups in total. The van der Waals surface area contributed by atoms with Crippen LogP contribution in [0.1, 0.15) is 206 Å². The lowest BCUT2D eigenvalue weighted by Crippen LogP contribution is -2.37. The zero-order valence-corrected chi connectivity index (χ0v) is 34.9. The number of unbranched alkanes of at least 4 members (excludes halogenated alkanes) is 26. The highest BCUT2D eigenvalue weighted by molar-refractivity contribution is 7.40. The van der Waals surface area contributed by atoms with Gasteiger partial charge in [-0.25, -0.2) is 0 Å². The minimum atomic E-state index is -1.87. The predicted molar refractivity (Wildman–Crippen MR) is 216 cm³/mol. The summed E-state index contributed by atoms with van der Waals surface area (Å²) in [6, 6.07) is 0.152. The third-order valence-corrected chi connectivity index (χ3v) is 10.7. The zero-order valence-electron chi connectivity index (χ0n) is 34.0. The van der Waals surface area contributed by atoms with Crippen LogP contribution >= 0.6 is 8.60 Å². The average Bonchev–Trinajstić information content (AvgIpc) is 3.06. The summed E-state index contributed by atoms with van der Waals surface area (Å²) in [5.74, 6) is 0.187. The Morgan fingerprint density at radius 1 is 0.510 bits per heavy atom. The number of rotatable bonds is 41. The first-order valence-corrected chi connectivity index (χ1v) is 22.8. The summed E-state index contributed by atoms with van der Waals surface area (Å²) in [5, 5.41) is 0. The molecule has 0 aliphatic carbocycles. The van der Waals surface area contributed by atoms with Crippen LogP contribution in [0.4, 0.5) is 0 Å². The Morgan fingerprint density at radius 2 is 0.898 bits per heavy atom. The SMILES string of the molecule is CCCCCCCCCCCCCCCCOCC(COP(O)OCC[N+](C)(C)C)CC(N)CCCCCCCCCCCCCCCC. The highest BCUT2D eigenvalue weighted by Crippen LogP contribution is 2.34. The molecule has 0 aliphatic rings. The summed E-state index contributed by atoms with van der Waals surface area (Å²) < 4.78 is 18.3. The van der Waals surface area contributed by atoms with E-state index in [0.717, 1.165) is 36.9 Å². The van der Waals surface area contributed by atoms with E-state index in [1.807, 2.05) is 0 Å². The van der Waals surface area contributed by atoms with E-state index in [-0.39, 0.29) is 12.0 Å². The summed E-state index contributed by atoms with van der Waals surface area (Å²) in [6.45, 7) is 7.79. The molecule has 49 heavy (non-hydrogen) atoms. The monoisotopic (exact) mass is 718 g/mol. The number of hydrogen-bond acceptors (Lipinski definition) is 5. The Kier molecular flexibility index (Phi) is 38.1. The fourth-order valence-corrected chi connectivity index (χ4v) is 7.23. The molecule has 7 heteroatoms. The van der Waals surface area contributed by atoms with Gasteiger partial charge in [0, 0.05) is 18.6 Å². The molecule has 0 aliphatic heterocycles. The van der Waals surface area contributed by atoms with Crippen LogP contribution < -0.4 is 5.73 Å². The number of likely N-dealkylation sites (N-methyl/N-ethyl adjacent to an activating group) is 1. The lowest BCUT2D eigenvalue weighted by Gasteiger charge is -2.25. The number of ether oxygens (including phenoxy) is 1. The zero-order chi connectivity index (χ0) is 36.1. The molecular formula is C42H90N2O4P+. The van der Waals surface area contributed by atoms with Crippen LogP contribution in [0.25, 0.3) is 0 Å². The van der Waals surface area contributed by atoms with E-state index >= 15 is 0 Å². The van der Waals surface area contributed by atoms with Crippen molar-refractivity contribution in [3.63, 3.8) is 0 Å². The van der Waals surface area contributed by atoms with Crippen molar-refractivity contribution in [3.05, 3.63) is 0 Å². The fraction of sp³-hybridized carbons (Fsp3) is 1.00. The van der Waals surface area contributed by atoms with Gasteiger partial charge in [0.05, 0.1) is 34.4 Å². The van der Waals surface area contributed by atoms with Crippen molar-refractivity contribution >= 4 is 8.60 Å². The number of nitrogens with zero attached hydrogens (tertiary/aromatic N) is 1. The van der Waals surface area contributed by atoms with E-state index < -0.39 is 8.60 Å². The van der Waals surface area contributed by atoms with Crippen LogP contribution in [0, 0.1) is 5.92 Å². The summed E-state index contributed by atoms with van der Waals surface area (Å²) in [5.41, 5.74) is 6.62. The maximum atomic E-state index is 10.3. The molecule has 0 radical (unpaired) electrons. The summed E-state index contributed by atoms with van der Waals surface area (Å²) in [4.78, 5) is 10.3. The second kappa shape index (κ2) is 37.9. The van der Waals surface area contributed by atoms with E-state index in [1.54, 1.807) is 0 Å². The van der Waals surface area contributed by atoms with Gasteiger partial charge in [-0.1, -0.05) is 187 Å². The topological polar surface area (TPSA) is 73.9 Å². The Hall–Kier alpha value is 0.190. The van der Waals surface area contributed by atoms with Gasteiger partial charge in [-0.15, -0.1) is 0 Å². The van der Waals surface area contributed by atoms with E-state index in [0.29, 0.717) is 19.8 Å². The Bertz CT molecular complexity index is 636. The lowest BCUT2D eigenvalue weighted by molar-refractivity contribution is -0.870. The van der Waals surface area contributed by atoms with Gasteiger partial charge in [-0.05, 0) is 19.3 Å². The van der Waals surface area contributed by atoms with Crippen molar-refractivity contribution in [1.29, 1.82) is 0 Å². The van der Waals surface area contributed by atoms with E-state index in [1.165, 1.54) is 173 Å². The first-order valence-electron chi connectivity index (χ1n) is 21.7. The summed E-state index contributed by atoms with van der Waals surface area (Å²) in [6.07, 6.45) is 40.4. The van der Waals surface area contributed by atoms with Crippen molar-refractivity contribution in [3.8, 4) is 0 Å². The minimum Gasteiger partial charge on any atom is -0.381 e. The quantitative estimate of drug-likeness (QED) is 0.0374. The van der Waals surface area contributed by atoms with Gasteiger partial charge in [-0.2, -0.15) is 0 Å². The van der Waals surface area contributed by atoms with Gasteiger partial charge >= 0.3 is 8.60 Å². The minimum absolute atomic E-state index is 0.152. The van der Waals surface area contributed by atoms with Crippen molar-refractivity contribution in [2.24, 2.45) is 11.7 Å². The van der Waals surface area contributed by atoms with Crippen molar-refractivity contribution in [1.82, 2.24) is 0 Å². The van der Waals surface area contributed by atoms with Gasteiger partial charge < -0.3 is 28.9 Å². The second-order valence-corrected chi connectivity index (χ2v) is 17.3. The smallest absolute Gasteiger partial charge is 0.330 e. The van der Waals surface area contributed by atoms with Crippen molar-refractivity contribution in [2.75, 3.05) is 54.1 Å². The summed E-state index contributed by atoms with van der Waals surface area (Å²) >= 11 is 0. The third kappa shape index (κ3) is 40.8. The molecule has 0 heterocycles. The normalized spacial score (nSPS) is 14.0. The Balaban J connectivity index is 4.08. The van der Waals surface area contributed by atoms with E-state index in [4.69, 9.17) is 19.5 Å². The van der Waals surface area contributed by atoms with E-state index in [2.05, 4.69) is 35.0 Å². The molecule has 6 nitrogen and oxygen atoms in total. The first kappa shape index (κ1) is 49.2. The highest BCUT2D eigenvalue weighted by atomic mass is 31.2. The van der Waals surface area contributed by atoms with Gasteiger partial charge in [0.25, 0.3) is 0 Å². The molecule has 296 valence electrons. The maximum absolute atomic E-state index is 10.3. The molecule has 0 aromatic rings. The molecule has 0 bridgehead atoms. The van der Waals surface area contributed by atoms with Crippen molar-refractivity contribution < 1.29 is 23.2 Å². The second-order valence-electron chi connectivity index (χ2n) is 16.3. The van der Waals surface area contributed by atoms with Crippen LogP contribution in [0.5, 0.6) is 0 Å². The number of hydrogen-bond donors (Lipinski definition) is 2. The number of quaternary nitrogens is 1. The standard InChI is InChI=1S/C42H90N2O4P/c1-6-8-10-12-14-16-18-20-22-24-26-28-30-32-34-42(43)38-41(40-48-49(45)47-37-35-44(3,4)5)39-46-36-33-31-29-27-25-23-21-19-17-15-13-11-9-7-2/h41-42,45H,6-40,43H2,1-5H3/q+1. The van der Waals surface area contributed by atoms with Crippen molar-refractivity contribution in [2.45, 2.75) is 213 Å². The number of nitrogens with two attached hydrogens (primary N) is 1. The molecule has 0 fully saturated rings. The van der Waals surface area contributed by atoms with Crippen LogP contribution in [0.2, 0.25) is 0 Å². The first-order chi connectivity index (χ1) is 23.8. The Morgan fingerprint density at radius 3 is 1.31 bits per heavy atom. The largest absolute Gasteiger partial charge is 0.381 e. The lowest BCUT2D eigenvalue weighted by atomic mass is 9.97. The van der Waals surface area contributed by atoms with Gasteiger partial charge in [0.1, 0.15) is 13.2 Å². The fourth-order valence-electron chi connectivity index (χ4n) is 6.58. The van der Waals surface area contributed by atoms with Crippen LogP contribution in [0.3, 0.4) is 0 Å². The van der Waals surface area contributed by atoms with E-state index in [9.17, 15) is 4.89 Å². The third-order valence-electron chi connectivity index (χ3n) is 9.94. The van der Waals surface area contributed by atoms with Gasteiger partial charge in [0.2, 0.25) is 0 Å². The molecule has 0 saturated heterocycles. The molecule has 3 atom stereocenters. The predicted octanol–water partition coefficient (Wildman–Crippen LogP) is 12.6. The molecule has 3 unspecified atom stereocenters. The molecule has 0 rings (SSSR count). The molecular weight excluding hydrogens is 627 g/mol.